The fraction of sp³-hybridized carbons (Fsp3) is 0.667. The van der Waals surface area contributed by atoms with Crippen LogP contribution in [0, 0.1) is 5.92 Å². The lowest BCUT2D eigenvalue weighted by Crippen LogP contribution is -2.41. The highest BCUT2D eigenvalue weighted by Crippen LogP contribution is 2.26. The molecule has 2 fully saturated rings. The topological polar surface area (TPSA) is 37.3 Å². The Morgan fingerprint density at radius 1 is 1.47 bits per heavy atom. The average molecular weight is 261 g/mol. The van der Waals surface area contributed by atoms with E-state index in [2.05, 4.69) is 16.8 Å². The van der Waals surface area contributed by atoms with Crippen molar-refractivity contribution < 1.29 is 4.79 Å². The lowest BCUT2D eigenvalue weighted by Gasteiger charge is -2.24. The van der Waals surface area contributed by atoms with Crippen molar-refractivity contribution in [1.29, 1.82) is 0 Å². The van der Waals surface area contributed by atoms with Gasteiger partial charge in [-0.15, -0.1) is 0 Å². The number of carbonyl (C=O) groups is 1. The molecule has 0 radical (unpaired) electrons. The minimum Gasteiger partial charge on any atom is -0.344 e. The molecule has 1 N–H and O–H groups in total. The Labute approximate surface area is 114 Å². The number of amides is 1. The van der Waals surface area contributed by atoms with Crippen molar-refractivity contribution >= 4 is 5.91 Å². The molecular weight excluding hydrogens is 238 g/mol. The fourth-order valence-electron chi connectivity index (χ4n) is 3.42. The van der Waals surface area contributed by atoms with Gasteiger partial charge in [0, 0.05) is 31.9 Å². The van der Waals surface area contributed by atoms with Crippen LogP contribution in [-0.2, 0) is 6.54 Å². The summed E-state index contributed by atoms with van der Waals surface area (Å²) in [7, 11) is 0. The van der Waals surface area contributed by atoms with Crippen LogP contribution in [0.5, 0.6) is 0 Å². The molecule has 4 heteroatoms. The molecule has 2 aliphatic heterocycles. The number of aryl methyl sites for hydroxylation is 1. The summed E-state index contributed by atoms with van der Waals surface area (Å²) < 4.78 is 2.08. The van der Waals surface area contributed by atoms with E-state index in [0.29, 0.717) is 12.0 Å². The van der Waals surface area contributed by atoms with Gasteiger partial charge in [0.05, 0.1) is 0 Å². The monoisotopic (exact) mass is 261 g/mol. The largest absolute Gasteiger partial charge is 0.344 e. The molecule has 1 aromatic heterocycles. The highest BCUT2D eigenvalue weighted by Gasteiger charge is 2.37. The quantitative estimate of drug-likeness (QED) is 0.899. The summed E-state index contributed by atoms with van der Waals surface area (Å²) >= 11 is 0. The second kappa shape index (κ2) is 5.37. The van der Waals surface area contributed by atoms with Crippen LogP contribution in [0.3, 0.4) is 0 Å². The number of carbonyl (C=O) groups excluding carboxylic acids is 1. The summed E-state index contributed by atoms with van der Waals surface area (Å²) in [6, 6.07) is 4.45. The summed E-state index contributed by atoms with van der Waals surface area (Å²) in [4.78, 5) is 14.7. The third kappa shape index (κ3) is 2.41. The van der Waals surface area contributed by atoms with Crippen molar-refractivity contribution in [2.45, 2.75) is 38.8 Å². The van der Waals surface area contributed by atoms with E-state index in [4.69, 9.17) is 0 Å². The van der Waals surface area contributed by atoms with Crippen LogP contribution in [0.1, 0.15) is 36.7 Å². The Morgan fingerprint density at radius 3 is 3.16 bits per heavy atom. The predicted molar refractivity (Wildman–Crippen MR) is 75.1 cm³/mol. The average Bonchev–Trinajstić information content (AvgIpc) is 3.04. The Hall–Kier alpha value is -1.29. The van der Waals surface area contributed by atoms with E-state index in [1.807, 2.05) is 23.2 Å². The summed E-state index contributed by atoms with van der Waals surface area (Å²) in [5, 5.41) is 3.55. The Morgan fingerprint density at radius 2 is 2.37 bits per heavy atom. The van der Waals surface area contributed by atoms with Gasteiger partial charge in [-0.3, -0.25) is 4.79 Å². The molecule has 3 heterocycles. The Balaban J connectivity index is 1.72. The number of hydrogen-bond acceptors (Lipinski definition) is 2. The molecule has 0 aromatic carbocycles. The van der Waals surface area contributed by atoms with Gasteiger partial charge in [-0.25, -0.2) is 0 Å². The van der Waals surface area contributed by atoms with Crippen molar-refractivity contribution in [3.05, 3.63) is 24.0 Å². The zero-order valence-corrected chi connectivity index (χ0v) is 11.6. The van der Waals surface area contributed by atoms with Crippen molar-refractivity contribution in [2.75, 3.05) is 19.6 Å². The molecule has 2 aliphatic rings. The highest BCUT2D eigenvalue weighted by atomic mass is 16.2. The van der Waals surface area contributed by atoms with Gasteiger partial charge < -0.3 is 14.8 Å². The first-order chi connectivity index (χ1) is 9.29. The summed E-state index contributed by atoms with van der Waals surface area (Å²) in [6.45, 7) is 5.97. The second-order valence-electron chi connectivity index (χ2n) is 5.76. The van der Waals surface area contributed by atoms with Gasteiger partial charge in [0.15, 0.2) is 0 Å². The van der Waals surface area contributed by atoms with Crippen molar-refractivity contribution in [3.8, 4) is 0 Å². The van der Waals surface area contributed by atoms with Crippen LogP contribution in [0.2, 0.25) is 0 Å². The van der Waals surface area contributed by atoms with E-state index in [-0.39, 0.29) is 5.91 Å². The summed E-state index contributed by atoms with van der Waals surface area (Å²) in [5.41, 5.74) is 0.848. The third-order valence-corrected chi connectivity index (χ3v) is 4.40. The van der Waals surface area contributed by atoms with E-state index in [1.54, 1.807) is 0 Å². The molecule has 2 saturated heterocycles. The molecule has 0 aliphatic carbocycles. The van der Waals surface area contributed by atoms with Gasteiger partial charge in [-0.05, 0) is 43.9 Å². The maximum atomic E-state index is 12.6. The van der Waals surface area contributed by atoms with Crippen LogP contribution in [0.4, 0.5) is 0 Å². The molecule has 1 amide bonds. The van der Waals surface area contributed by atoms with Gasteiger partial charge in [-0.2, -0.15) is 0 Å². The van der Waals surface area contributed by atoms with E-state index in [1.165, 1.54) is 12.8 Å². The number of piperidine rings is 1. The van der Waals surface area contributed by atoms with Gasteiger partial charge >= 0.3 is 0 Å². The van der Waals surface area contributed by atoms with Crippen molar-refractivity contribution in [3.63, 3.8) is 0 Å². The zero-order valence-electron chi connectivity index (χ0n) is 11.6. The summed E-state index contributed by atoms with van der Waals surface area (Å²) in [6.07, 6.45) is 5.58. The first-order valence-electron chi connectivity index (χ1n) is 7.47. The van der Waals surface area contributed by atoms with Gasteiger partial charge in [0.1, 0.15) is 5.69 Å². The maximum absolute atomic E-state index is 12.6. The molecule has 2 unspecified atom stereocenters. The van der Waals surface area contributed by atoms with Crippen LogP contribution in [-0.4, -0.2) is 41.1 Å². The SMILES string of the molecule is CCCn1cccc1C(=O)N1CC2CCCNC2C1. The number of rotatable bonds is 3. The fourth-order valence-corrected chi connectivity index (χ4v) is 3.42. The number of hydrogen-bond donors (Lipinski definition) is 1. The van der Waals surface area contributed by atoms with Crippen LogP contribution in [0.15, 0.2) is 18.3 Å². The molecule has 2 atom stereocenters. The third-order valence-electron chi connectivity index (χ3n) is 4.40. The minimum absolute atomic E-state index is 0.203. The van der Waals surface area contributed by atoms with E-state index < -0.39 is 0 Å². The molecule has 3 rings (SSSR count). The Kier molecular flexibility index (Phi) is 3.60. The molecule has 104 valence electrons. The van der Waals surface area contributed by atoms with Crippen LogP contribution >= 0.6 is 0 Å². The second-order valence-corrected chi connectivity index (χ2v) is 5.76. The zero-order chi connectivity index (χ0) is 13.2. The maximum Gasteiger partial charge on any atom is 0.270 e. The molecule has 0 bridgehead atoms. The number of likely N-dealkylation sites (tertiary alicyclic amines) is 1. The van der Waals surface area contributed by atoms with Gasteiger partial charge in [0.2, 0.25) is 0 Å². The minimum atomic E-state index is 0.203. The highest BCUT2D eigenvalue weighted by molar-refractivity contribution is 5.93. The molecular formula is C15H23N3O. The van der Waals surface area contributed by atoms with Crippen molar-refractivity contribution in [1.82, 2.24) is 14.8 Å². The molecule has 0 spiro atoms. The molecule has 4 nitrogen and oxygen atoms in total. The lowest BCUT2D eigenvalue weighted by molar-refractivity contribution is 0.0775. The normalized spacial score (nSPS) is 26.5. The summed E-state index contributed by atoms with van der Waals surface area (Å²) in [5.74, 6) is 0.863. The first kappa shape index (κ1) is 12.7. The van der Waals surface area contributed by atoms with E-state index in [9.17, 15) is 4.79 Å². The van der Waals surface area contributed by atoms with E-state index >= 15 is 0 Å². The number of nitrogens with zero attached hydrogens (tertiary/aromatic N) is 2. The molecule has 1 aromatic rings. The number of nitrogens with one attached hydrogen (secondary N) is 1. The number of aromatic nitrogens is 1. The van der Waals surface area contributed by atoms with Gasteiger partial charge in [-0.1, -0.05) is 6.92 Å². The van der Waals surface area contributed by atoms with Crippen LogP contribution in [0.25, 0.3) is 0 Å². The molecule has 19 heavy (non-hydrogen) atoms. The molecule has 0 saturated carbocycles. The van der Waals surface area contributed by atoms with E-state index in [0.717, 1.165) is 38.3 Å². The predicted octanol–water partition coefficient (Wildman–Crippen LogP) is 1.72. The standard InChI is InChI=1S/C15H23N3O/c1-2-8-17-9-4-6-14(17)15(19)18-10-12-5-3-7-16-13(12)11-18/h4,6,9,12-13,16H,2-3,5,7-8,10-11H2,1H3. The van der Waals surface area contributed by atoms with Gasteiger partial charge in [0.25, 0.3) is 5.91 Å². The first-order valence-corrected chi connectivity index (χ1v) is 7.47. The Bertz CT molecular complexity index is 440. The van der Waals surface area contributed by atoms with Crippen molar-refractivity contribution in [2.24, 2.45) is 5.92 Å². The lowest BCUT2D eigenvalue weighted by atomic mass is 9.94. The smallest absolute Gasteiger partial charge is 0.270 e. The van der Waals surface area contributed by atoms with Crippen LogP contribution < -0.4 is 5.32 Å². The number of fused-ring (bicyclic) bond motifs is 1.